The number of aliphatic hydroxyl groups excluding tert-OH is 1. The molecule has 0 saturated carbocycles. The molecule has 2 aromatic rings. The number of aliphatic hydroxyl groups is 1. The number of nitrogens with one attached hydrogen (secondary N) is 1. The van der Waals surface area contributed by atoms with Crippen LogP contribution in [0.1, 0.15) is 12.5 Å². The molecular weight excluding hydrogens is 325 g/mol. The van der Waals surface area contributed by atoms with Gasteiger partial charge in [-0.3, -0.25) is 5.32 Å². The maximum Gasteiger partial charge on any atom is 0.416 e. The molecule has 1 heterocycles. The van der Waals surface area contributed by atoms with Gasteiger partial charge in [-0.1, -0.05) is 6.07 Å². The first-order chi connectivity index (χ1) is 11.2. The fraction of sp³-hybridized carbons (Fsp3) is 0.333. The molecule has 0 radical (unpaired) electrons. The molecule has 6 nitrogen and oxygen atoms in total. The van der Waals surface area contributed by atoms with E-state index in [9.17, 15) is 23.1 Å². The summed E-state index contributed by atoms with van der Waals surface area (Å²) in [6.45, 7) is 1.69. The molecule has 130 valence electrons. The van der Waals surface area contributed by atoms with Crippen LogP contribution in [0.15, 0.2) is 36.5 Å². The first kappa shape index (κ1) is 17.8. The van der Waals surface area contributed by atoms with Crippen LogP contribution in [-0.4, -0.2) is 45.5 Å². The normalized spacial score (nSPS) is 12.8. The number of alkyl halides is 3. The third kappa shape index (κ3) is 4.48. The van der Waals surface area contributed by atoms with Crippen molar-refractivity contribution in [2.75, 3.05) is 18.9 Å². The number of anilines is 1. The van der Waals surface area contributed by atoms with Crippen molar-refractivity contribution < 1.29 is 23.1 Å². The molecule has 2 amide bonds. The van der Waals surface area contributed by atoms with E-state index in [0.29, 0.717) is 0 Å². The molecule has 0 bridgehead atoms. The van der Waals surface area contributed by atoms with Gasteiger partial charge >= 0.3 is 12.2 Å². The van der Waals surface area contributed by atoms with Crippen LogP contribution < -0.4 is 5.32 Å². The largest absolute Gasteiger partial charge is 0.416 e. The fourth-order valence-electron chi connectivity index (χ4n) is 2.04. The quantitative estimate of drug-likeness (QED) is 0.898. The number of carbonyl (C=O) groups excluding carboxylic acids is 1. The first-order valence-corrected chi connectivity index (χ1v) is 7.10. The van der Waals surface area contributed by atoms with E-state index in [1.54, 1.807) is 6.92 Å². The van der Waals surface area contributed by atoms with Gasteiger partial charge in [0.15, 0.2) is 5.82 Å². The zero-order chi connectivity index (χ0) is 17.9. The van der Waals surface area contributed by atoms with Crippen molar-refractivity contribution in [1.82, 2.24) is 14.7 Å². The highest BCUT2D eigenvalue weighted by Gasteiger charge is 2.30. The van der Waals surface area contributed by atoms with Crippen LogP contribution in [0.4, 0.5) is 23.8 Å². The lowest BCUT2D eigenvalue weighted by Crippen LogP contribution is -2.36. The lowest BCUT2D eigenvalue weighted by Gasteiger charge is -2.18. The molecule has 9 heteroatoms. The van der Waals surface area contributed by atoms with Crippen LogP contribution in [0.25, 0.3) is 5.69 Å². The summed E-state index contributed by atoms with van der Waals surface area (Å²) in [4.78, 5) is 13.2. The van der Waals surface area contributed by atoms with Crippen LogP contribution in [0.2, 0.25) is 0 Å². The van der Waals surface area contributed by atoms with Crippen LogP contribution in [-0.2, 0) is 6.18 Å². The zero-order valence-electron chi connectivity index (χ0n) is 13.1. The Balaban J connectivity index is 2.12. The lowest BCUT2D eigenvalue weighted by atomic mass is 10.2. The van der Waals surface area contributed by atoms with Gasteiger partial charge in [-0.2, -0.15) is 13.2 Å². The monoisotopic (exact) mass is 342 g/mol. The number of hydrogen-bond donors (Lipinski definition) is 2. The van der Waals surface area contributed by atoms with Crippen LogP contribution in [0.3, 0.4) is 0 Å². The Morgan fingerprint density at radius 2 is 2.12 bits per heavy atom. The number of rotatable bonds is 4. The smallest absolute Gasteiger partial charge is 0.392 e. The SMILES string of the molecule is CC(O)CN(C)C(=O)Nc1ccn(-c2cccc(C(F)(F)F)c2)n1. The van der Waals surface area contributed by atoms with Crippen molar-refractivity contribution in [3.63, 3.8) is 0 Å². The molecule has 0 aliphatic heterocycles. The maximum absolute atomic E-state index is 12.7. The number of urea groups is 1. The van der Waals surface area contributed by atoms with Gasteiger partial charge in [0.05, 0.1) is 17.4 Å². The highest BCUT2D eigenvalue weighted by molar-refractivity contribution is 5.88. The Morgan fingerprint density at radius 3 is 2.75 bits per heavy atom. The minimum atomic E-state index is -4.44. The summed E-state index contributed by atoms with van der Waals surface area (Å²) < 4.78 is 39.5. The summed E-state index contributed by atoms with van der Waals surface area (Å²) in [6, 6.07) is 5.69. The molecule has 0 spiro atoms. The molecule has 1 unspecified atom stereocenters. The second kappa shape index (κ2) is 6.91. The second-order valence-electron chi connectivity index (χ2n) is 5.35. The van der Waals surface area contributed by atoms with E-state index in [4.69, 9.17) is 0 Å². The van der Waals surface area contributed by atoms with Crippen molar-refractivity contribution in [3.05, 3.63) is 42.1 Å². The lowest BCUT2D eigenvalue weighted by molar-refractivity contribution is -0.137. The Morgan fingerprint density at radius 1 is 1.42 bits per heavy atom. The number of benzene rings is 1. The van der Waals surface area contributed by atoms with E-state index in [2.05, 4.69) is 10.4 Å². The van der Waals surface area contributed by atoms with Gasteiger partial charge in [0, 0.05) is 25.9 Å². The van der Waals surface area contributed by atoms with Gasteiger partial charge in [-0.05, 0) is 25.1 Å². The summed E-state index contributed by atoms with van der Waals surface area (Å²) >= 11 is 0. The van der Waals surface area contributed by atoms with Crippen LogP contribution in [0.5, 0.6) is 0 Å². The minimum absolute atomic E-state index is 0.139. The number of amides is 2. The fourth-order valence-corrected chi connectivity index (χ4v) is 2.04. The molecule has 1 atom stereocenters. The summed E-state index contributed by atoms with van der Waals surface area (Å²) in [5.41, 5.74) is -0.555. The van der Waals surface area contributed by atoms with Gasteiger partial charge in [0.1, 0.15) is 0 Å². The molecule has 24 heavy (non-hydrogen) atoms. The van der Waals surface area contributed by atoms with Crippen molar-refractivity contribution in [3.8, 4) is 5.69 Å². The van der Waals surface area contributed by atoms with E-state index >= 15 is 0 Å². The molecular formula is C15H17F3N4O2. The van der Waals surface area contributed by atoms with E-state index in [0.717, 1.165) is 12.1 Å². The standard InChI is InChI=1S/C15H17F3N4O2/c1-10(23)9-21(2)14(24)19-13-6-7-22(20-13)12-5-3-4-11(8-12)15(16,17)18/h3-8,10,23H,9H2,1-2H3,(H,19,20,24). The Kier molecular flexibility index (Phi) is 5.13. The second-order valence-corrected chi connectivity index (χ2v) is 5.35. The van der Waals surface area contributed by atoms with Crippen molar-refractivity contribution >= 4 is 11.8 Å². The number of halogens is 3. The molecule has 0 aliphatic carbocycles. The van der Waals surface area contributed by atoms with Gasteiger partial charge in [0.2, 0.25) is 0 Å². The number of nitrogens with zero attached hydrogens (tertiary/aromatic N) is 3. The molecule has 2 N–H and O–H groups in total. The van der Waals surface area contributed by atoms with Gasteiger partial charge < -0.3 is 10.0 Å². The highest BCUT2D eigenvalue weighted by Crippen LogP contribution is 2.30. The number of likely N-dealkylation sites (N-methyl/N-ethyl adjacent to an activating group) is 1. The predicted octanol–water partition coefficient (Wildman–Crippen LogP) is 2.74. The maximum atomic E-state index is 12.7. The van der Waals surface area contributed by atoms with Gasteiger partial charge in [0.25, 0.3) is 0 Å². The molecule has 2 rings (SSSR count). The van der Waals surface area contributed by atoms with Crippen molar-refractivity contribution in [1.29, 1.82) is 0 Å². The Bertz CT molecular complexity index is 713. The average molecular weight is 342 g/mol. The third-order valence-corrected chi connectivity index (χ3v) is 3.15. The Hall–Kier alpha value is -2.55. The van der Waals surface area contributed by atoms with Crippen molar-refractivity contribution in [2.45, 2.75) is 19.2 Å². The van der Waals surface area contributed by atoms with Gasteiger partial charge in [-0.15, -0.1) is 5.10 Å². The molecule has 0 saturated heterocycles. The van der Waals surface area contributed by atoms with E-state index < -0.39 is 23.9 Å². The number of carbonyl (C=O) groups is 1. The Labute approximate surface area is 136 Å². The summed E-state index contributed by atoms with van der Waals surface area (Å²) in [5.74, 6) is 0.190. The van der Waals surface area contributed by atoms with E-state index in [-0.39, 0.29) is 18.1 Å². The third-order valence-electron chi connectivity index (χ3n) is 3.15. The first-order valence-electron chi connectivity index (χ1n) is 7.10. The summed E-state index contributed by atoms with van der Waals surface area (Å²) in [6.07, 6.45) is -3.67. The van der Waals surface area contributed by atoms with Crippen molar-refractivity contribution in [2.24, 2.45) is 0 Å². The molecule has 1 aromatic heterocycles. The number of aromatic nitrogens is 2. The van der Waals surface area contributed by atoms with Gasteiger partial charge in [-0.25, -0.2) is 9.48 Å². The highest BCUT2D eigenvalue weighted by atomic mass is 19.4. The topological polar surface area (TPSA) is 70.4 Å². The van der Waals surface area contributed by atoms with Crippen LogP contribution in [0, 0.1) is 0 Å². The van der Waals surface area contributed by atoms with E-state index in [1.165, 1.54) is 41.0 Å². The summed E-state index contributed by atoms with van der Waals surface area (Å²) in [5, 5.41) is 15.8. The summed E-state index contributed by atoms with van der Waals surface area (Å²) in [7, 11) is 1.51. The van der Waals surface area contributed by atoms with Crippen LogP contribution >= 0.6 is 0 Å². The predicted molar refractivity (Wildman–Crippen MR) is 81.9 cm³/mol. The molecule has 0 fully saturated rings. The molecule has 1 aromatic carbocycles. The van der Waals surface area contributed by atoms with E-state index in [1.807, 2.05) is 0 Å². The zero-order valence-corrected chi connectivity index (χ0v) is 13.1. The number of hydrogen-bond acceptors (Lipinski definition) is 3. The minimum Gasteiger partial charge on any atom is -0.392 e. The average Bonchev–Trinajstić information content (AvgIpc) is 2.94. The molecule has 0 aliphatic rings.